The minimum atomic E-state index is -1.09. The number of allylic oxidation sites excluding steroid dienone is 1. The highest BCUT2D eigenvalue weighted by atomic mass is 16.5. The van der Waals surface area contributed by atoms with E-state index in [1.54, 1.807) is 0 Å². The molecule has 1 aliphatic carbocycles. The summed E-state index contributed by atoms with van der Waals surface area (Å²) in [6.07, 6.45) is 0.179. The van der Waals surface area contributed by atoms with Gasteiger partial charge in [-0.05, 0) is 24.3 Å². The predicted molar refractivity (Wildman–Crippen MR) is 82.9 cm³/mol. The number of carbonyl (C=O) groups excluding carboxylic acids is 1. The van der Waals surface area contributed by atoms with Gasteiger partial charge in [-0.25, -0.2) is 0 Å². The molecule has 7 nitrogen and oxygen atoms in total. The van der Waals surface area contributed by atoms with Crippen LogP contribution in [0.4, 0.5) is 0 Å². The standard InChI is InChI=1S/C17H16O7/c1-7-12(19)6-9-5-10(14(7)21)15(22)16(23)17(24-9)8-2-3-11(18)13(20)4-8/h2-4,6-7,12,18-20,22-23H,5H2,1H3. The molecule has 1 aromatic carbocycles. The van der Waals surface area contributed by atoms with E-state index in [-0.39, 0.29) is 34.8 Å². The molecule has 2 aliphatic rings. The quantitative estimate of drug-likeness (QED) is 0.498. The molecular formula is C17H16O7. The molecule has 5 N–H and O–H groups in total. The van der Waals surface area contributed by atoms with Crippen LogP contribution in [0.5, 0.6) is 11.5 Å². The Hall–Kier alpha value is -2.93. The van der Waals surface area contributed by atoms with Crippen molar-refractivity contribution in [2.75, 3.05) is 0 Å². The van der Waals surface area contributed by atoms with Gasteiger partial charge in [0, 0.05) is 23.5 Å². The van der Waals surface area contributed by atoms with Crippen molar-refractivity contribution in [2.24, 2.45) is 5.92 Å². The zero-order valence-electron chi connectivity index (χ0n) is 12.7. The van der Waals surface area contributed by atoms with Crippen LogP contribution < -0.4 is 0 Å². The number of benzene rings is 1. The molecule has 0 saturated heterocycles. The summed E-state index contributed by atoms with van der Waals surface area (Å²) in [6.45, 7) is 1.51. The summed E-state index contributed by atoms with van der Waals surface area (Å²) in [7, 11) is 0. The fourth-order valence-electron chi connectivity index (χ4n) is 2.65. The molecule has 0 amide bonds. The van der Waals surface area contributed by atoms with Crippen LogP contribution in [0.3, 0.4) is 0 Å². The van der Waals surface area contributed by atoms with Crippen molar-refractivity contribution in [3.05, 3.63) is 52.7 Å². The molecule has 2 unspecified atom stereocenters. The SMILES string of the molecule is CC1C(=O)C2=C(O)C(O)=C(c3ccc(O)c(O)c3)OC(=CC1O)C2. The lowest BCUT2D eigenvalue weighted by atomic mass is 9.94. The van der Waals surface area contributed by atoms with Gasteiger partial charge >= 0.3 is 0 Å². The van der Waals surface area contributed by atoms with Gasteiger partial charge in [-0.2, -0.15) is 0 Å². The number of aromatic hydroxyl groups is 2. The number of hydrogen-bond donors (Lipinski definition) is 5. The van der Waals surface area contributed by atoms with Gasteiger partial charge in [-0.3, -0.25) is 4.79 Å². The van der Waals surface area contributed by atoms with Crippen molar-refractivity contribution < 1.29 is 35.1 Å². The highest BCUT2D eigenvalue weighted by molar-refractivity contribution is 5.99. The number of aliphatic hydroxyl groups excluding tert-OH is 3. The minimum absolute atomic E-state index is 0.0548. The third-order valence-corrected chi connectivity index (χ3v) is 4.13. The van der Waals surface area contributed by atoms with Crippen LogP contribution in [0.15, 0.2) is 47.1 Å². The van der Waals surface area contributed by atoms with Gasteiger partial charge in [0.05, 0.1) is 6.10 Å². The highest BCUT2D eigenvalue weighted by Gasteiger charge is 2.35. The van der Waals surface area contributed by atoms with Crippen molar-refractivity contribution in [3.8, 4) is 11.5 Å². The van der Waals surface area contributed by atoms with Crippen molar-refractivity contribution in [1.29, 1.82) is 0 Å². The van der Waals surface area contributed by atoms with Crippen molar-refractivity contribution in [1.82, 2.24) is 0 Å². The summed E-state index contributed by atoms with van der Waals surface area (Å²) < 4.78 is 5.58. The topological polar surface area (TPSA) is 127 Å². The van der Waals surface area contributed by atoms with Gasteiger partial charge in [0.25, 0.3) is 0 Å². The zero-order chi connectivity index (χ0) is 17.6. The average molecular weight is 332 g/mol. The molecule has 0 spiro atoms. The first-order valence-electron chi connectivity index (χ1n) is 7.28. The first kappa shape index (κ1) is 15.9. The largest absolute Gasteiger partial charge is 0.504 e. The Kier molecular flexibility index (Phi) is 3.73. The van der Waals surface area contributed by atoms with Crippen molar-refractivity contribution >= 4 is 11.5 Å². The van der Waals surface area contributed by atoms with Crippen LogP contribution >= 0.6 is 0 Å². The molecule has 126 valence electrons. The first-order valence-corrected chi connectivity index (χ1v) is 7.28. The predicted octanol–water partition coefficient (Wildman–Crippen LogP) is 2.02. The fraction of sp³-hybridized carbons (Fsp3) is 0.235. The number of Topliss-reactive ketones (excluding diaryl/α,β-unsaturated/α-hetero) is 1. The Labute approximate surface area is 137 Å². The Bertz CT molecular complexity index is 816. The summed E-state index contributed by atoms with van der Waals surface area (Å²) in [6, 6.07) is 3.70. The maximum Gasteiger partial charge on any atom is 0.202 e. The molecule has 2 atom stereocenters. The summed E-state index contributed by atoms with van der Waals surface area (Å²) in [5.74, 6) is -3.36. The molecular weight excluding hydrogens is 316 g/mol. The number of hydrogen-bond acceptors (Lipinski definition) is 7. The van der Waals surface area contributed by atoms with Crippen molar-refractivity contribution in [2.45, 2.75) is 19.4 Å². The van der Waals surface area contributed by atoms with E-state index in [2.05, 4.69) is 0 Å². The van der Waals surface area contributed by atoms with E-state index in [9.17, 15) is 30.3 Å². The monoisotopic (exact) mass is 332 g/mol. The molecule has 0 aromatic heterocycles. The van der Waals surface area contributed by atoms with Gasteiger partial charge < -0.3 is 30.3 Å². The van der Waals surface area contributed by atoms with Gasteiger partial charge in [-0.1, -0.05) is 6.92 Å². The Morgan fingerprint density at radius 1 is 1.08 bits per heavy atom. The molecule has 0 fully saturated rings. The number of aliphatic hydroxyl groups is 3. The molecule has 1 aliphatic heterocycles. The van der Waals surface area contributed by atoms with Gasteiger partial charge in [0.2, 0.25) is 5.76 Å². The maximum absolute atomic E-state index is 12.3. The van der Waals surface area contributed by atoms with E-state index in [4.69, 9.17) is 4.74 Å². The molecule has 0 saturated carbocycles. The maximum atomic E-state index is 12.3. The van der Waals surface area contributed by atoms with E-state index < -0.39 is 35.1 Å². The molecule has 2 bridgehead atoms. The summed E-state index contributed by atoms with van der Waals surface area (Å²) in [4.78, 5) is 12.3. The van der Waals surface area contributed by atoms with E-state index >= 15 is 0 Å². The molecule has 7 heteroatoms. The number of phenolic OH excluding ortho intramolecular Hbond substituents is 2. The number of ether oxygens (including phenoxy) is 1. The summed E-state index contributed by atoms with van der Waals surface area (Å²) >= 11 is 0. The summed E-state index contributed by atoms with van der Waals surface area (Å²) in [5, 5.41) is 49.6. The fourth-order valence-corrected chi connectivity index (χ4v) is 2.65. The lowest BCUT2D eigenvalue weighted by Gasteiger charge is -2.16. The first-order chi connectivity index (χ1) is 11.3. The second kappa shape index (κ2) is 5.61. The average Bonchev–Trinajstić information content (AvgIpc) is 2.73. The van der Waals surface area contributed by atoms with Crippen LogP contribution in [0.1, 0.15) is 18.9 Å². The van der Waals surface area contributed by atoms with Gasteiger partial charge in [0.15, 0.2) is 28.8 Å². The van der Waals surface area contributed by atoms with Crippen LogP contribution in [0.2, 0.25) is 0 Å². The minimum Gasteiger partial charge on any atom is -0.504 e. The Balaban J connectivity index is 2.20. The van der Waals surface area contributed by atoms with Gasteiger partial charge in [0.1, 0.15) is 5.76 Å². The number of ketones is 1. The second-order valence-corrected chi connectivity index (χ2v) is 5.76. The third-order valence-electron chi connectivity index (χ3n) is 4.13. The normalized spacial score (nSPS) is 24.2. The van der Waals surface area contributed by atoms with Crippen LogP contribution in [0, 0.1) is 5.92 Å². The lowest BCUT2D eigenvalue weighted by Crippen LogP contribution is -2.24. The highest BCUT2D eigenvalue weighted by Crippen LogP contribution is 2.38. The van der Waals surface area contributed by atoms with Crippen molar-refractivity contribution in [3.63, 3.8) is 0 Å². The molecule has 1 heterocycles. The zero-order valence-corrected chi connectivity index (χ0v) is 12.7. The number of rotatable bonds is 1. The van der Waals surface area contributed by atoms with E-state index in [0.717, 1.165) is 6.07 Å². The smallest absolute Gasteiger partial charge is 0.202 e. The van der Waals surface area contributed by atoms with E-state index in [1.165, 1.54) is 25.1 Å². The summed E-state index contributed by atoms with van der Waals surface area (Å²) in [5.41, 5.74) is 0.123. The molecule has 3 rings (SSSR count). The molecule has 0 radical (unpaired) electrons. The third kappa shape index (κ3) is 2.48. The second-order valence-electron chi connectivity index (χ2n) is 5.76. The number of carbonyl (C=O) groups is 1. The lowest BCUT2D eigenvalue weighted by molar-refractivity contribution is -0.121. The Morgan fingerprint density at radius 3 is 2.46 bits per heavy atom. The van der Waals surface area contributed by atoms with Gasteiger partial charge in [-0.15, -0.1) is 0 Å². The van der Waals surface area contributed by atoms with E-state index in [0.29, 0.717) is 0 Å². The van der Waals surface area contributed by atoms with Crippen LogP contribution in [-0.2, 0) is 9.53 Å². The Morgan fingerprint density at radius 2 is 1.79 bits per heavy atom. The number of fused-ring (bicyclic) bond motifs is 2. The van der Waals surface area contributed by atoms with Crippen LogP contribution in [-0.4, -0.2) is 37.4 Å². The number of phenols is 2. The molecule has 1 aromatic rings. The van der Waals surface area contributed by atoms with E-state index in [1.807, 2.05) is 0 Å². The van der Waals surface area contributed by atoms with Crippen LogP contribution in [0.25, 0.3) is 5.76 Å². The molecule has 24 heavy (non-hydrogen) atoms.